The molecular weight excluding hydrogens is 477 g/mol. The molecule has 1 fully saturated rings. The smallest absolute Gasteiger partial charge is 0.275 e. The van der Waals surface area contributed by atoms with Gasteiger partial charge in [-0.2, -0.15) is 13.9 Å². The molecule has 0 radical (unpaired) electrons. The van der Waals surface area contributed by atoms with Gasteiger partial charge in [-0.1, -0.05) is 41.2 Å². The Balaban J connectivity index is 1.30. The Morgan fingerprint density at radius 2 is 1.76 bits per heavy atom. The highest BCUT2D eigenvalue weighted by atomic mass is 32.2. The zero-order valence-electron chi connectivity index (χ0n) is 18.4. The van der Waals surface area contributed by atoms with Gasteiger partial charge < -0.3 is 0 Å². The minimum absolute atomic E-state index is 0.297. The quantitative estimate of drug-likeness (QED) is 0.420. The van der Waals surface area contributed by atoms with Crippen molar-refractivity contribution < 1.29 is 12.8 Å². The van der Waals surface area contributed by atoms with Crippen molar-refractivity contribution in [2.24, 2.45) is 0 Å². The summed E-state index contributed by atoms with van der Waals surface area (Å²) in [5.74, 6) is -0.374. The molecule has 176 valence electrons. The SMILES string of the molecule is Cc1ccc(S(=O)(=O)N2CCN(Cc3cc(=O)n4nc(-c5cccc(F)c5)sc4n3)CC2)cc1. The third-order valence-electron chi connectivity index (χ3n) is 5.75. The maximum absolute atomic E-state index is 13.6. The van der Waals surface area contributed by atoms with E-state index in [9.17, 15) is 17.6 Å². The summed E-state index contributed by atoms with van der Waals surface area (Å²) in [6.45, 7) is 4.13. The fraction of sp³-hybridized carbons (Fsp3) is 0.261. The fourth-order valence-electron chi connectivity index (χ4n) is 3.89. The van der Waals surface area contributed by atoms with Gasteiger partial charge in [0.05, 0.1) is 10.6 Å². The third-order valence-corrected chi connectivity index (χ3v) is 8.62. The van der Waals surface area contributed by atoms with Gasteiger partial charge in [-0.15, -0.1) is 0 Å². The van der Waals surface area contributed by atoms with Crippen LogP contribution in [-0.2, 0) is 16.6 Å². The van der Waals surface area contributed by atoms with Crippen LogP contribution in [0.3, 0.4) is 0 Å². The van der Waals surface area contributed by atoms with Crippen LogP contribution in [0.5, 0.6) is 0 Å². The van der Waals surface area contributed by atoms with Gasteiger partial charge in [0.25, 0.3) is 5.56 Å². The van der Waals surface area contributed by atoms with Gasteiger partial charge in [-0.25, -0.2) is 17.8 Å². The first kappa shape index (κ1) is 22.8. The zero-order valence-corrected chi connectivity index (χ0v) is 20.0. The van der Waals surface area contributed by atoms with Crippen molar-refractivity contribution in [2.45, 2.75) is 18.4 Å². The summed E-state index contributed by atoms with van der Waals surface area (Å²) < 4.78 is 42.1. The molecule has 0 N–H and O–H groups in total. The number of aromatic nitrogens is 3. The number of hydrogen-bond donors (Lipinski definition) is 0. The lowest BCUT2D eigenvalue weighted by Gasteiger charge is -2.33. The predicted octanol–water partition coefficient (Wildman–Crippen LogP) is 2.77. The Bertz CT molecular complexity index is 1510. The monoisotopic (exact) mass is 499 g/mol. The summed E-state index contributed by atoms with van der Waals surface area (Å²) in [7, 11) is -3.53. The Morgan fingerprint density at radius 3 is 2.47 bits per heavy atom. The van der Waals surface area contributed by atoms with E-state index in [4.69, 9.17) is 0 Å². The molecule has 11 heteroatoms. The van der Waals surface area contributed by atoms with E-state index in [0.717, 1.165) is 5.56 Å². The number of fused-ring (bicyclic) bond motifs is 1. The van der Waals surface area contributed by atoms with Gasteiger partial charge in [0.2, 0.25) is 15.0 Å². The van der Waals surface area contributed by atoms with E-state index in [-0.39, 0.29) is 11.4 Å². The summed E-state index contributed by atoms with van der Waals surface area (Å²) in [6.07, 6.45) is 0. The molecule has 0 amide bonds. The minimum atomic E-state index is -3.53. The minimum Gasteiger partial charge on any atom is -0.295 e. The molecule has 4 aromatic rings. The largest absolute Gasteiger partial charge is 0.295 e. The van der Waals surface area contributed by atoms with Gasteiger partial charge in [-0.3, -0.25) is 9.69 Å². The fourth-order valence-corrected chi connectivity index (χ4v) is 6.23. The lowest BCUT2D eigenvalue weighted by molar-refractivity contribution is 0.180. The van der Waals surface area contributed by atoms with Gasteiger partial charge in [0.15, 0.2) is 0 Å². The van der Waals surface area contributed by atoms with Crippen LogP contribution in [0.1, 0.15) is 11.3 Å². The predicted molar refractivity (Wildman–Crippen MR) is 128 cm³/mol. The summed E-state index contributed by atoms with van der Waals surface area (Å²) >= 11 is 1.22. The maximum atomic E-state index is 13.6. The molecule has 1 aliphatic heterocycles. The molecule has 1 saturated heterocycles. The molecule has 8 nitrogen and oxygen atoms in total. The van der Waals surface area contributed by atoms with E-state index >= 15 is 0 Å². The highest BCUT2D eigenvalue weighted by Crippen LogP contribution is 2.25. The van der Waals surface area contributed by atoms with Crippen LogP contribution < -0.4 is 5.56 Å². The molecule has 2 aromatic heterocycles. The van der Waals surface area contributed by atoms with Crippen LogP contribution in [0.2, 0.25) is 0 Å². The van der Waals surface area contributed by atoms with Crippen molar-refractivity contribution in [3.8, 4) is 10.6 Å². The second-order valence-corrected chi connectivity index (χ2v) is 11.1. The average Bonchev–Trinajstić information content (AvgIpc) is 3.25. The van der Waals surface area contributed by atoms with Crippen LogP contribution in [0.4, 0.5) is 4.39 Å². The normalized spacial score (nSPS) is 15.7. The number of aryl methyl sites for hydroxylation is 1. The molecular formula is C23H22FN5O3S2. The number of halogens is 1. The van der Waals surface area contributed by atoms with E-state index in [1.54, 1.807) is 36.4 Å². The molecule has 3 heterocycles. The molecule has 2 aromatic carbocycles. The van der Waals surface area contributed by atoms with Crippen molar-refractivity contribution in [1.82, 2.24) is 23.8 Å². The first-order valence-electron chi connectivity index (χ1n) is 10.7. The lowest BCUT2D eigenvalue weighted by atomic mass is 10.2. The van der Waals surface area contributed by atoms with E-state index in [2.05, 4.69) is 15.0 Å². The molecule has 0 spiro atoms. The standard InChI is InChI=1S/C23H22FN5O3S2/c1-16-5-7-20(8-6-16)34(31,32)28-11-9-27(10-12-28)15-19-14-21(30)29-23(25-19)33-22(26-29)17-3-2-4-18(24)13-17/h2-8,13-14H,9-12,15H2,1H3. The molecule has 0 unspecified atom stereocenters. The number of piperazine rings is 1. The van der Waals surface area contributed by atoms with Gasteiger partial charge in [0.1, 0.15) is 10.8 Å². The second kappa shape index (κ2) is 8.99. The number of nitrogens with zero attached hydrogens (tertiary/aromatic N) is 5. The van der Waals surface area contributed by atoms with E-state index in [1.165, 1.54) is 38.4 Å². The summed E-state index contributed by atoms with van der Waals surface area (Å²) in [6, 6.07) is 14.4. The van der Waals surface area contributed by atoms with E-state index < -0.39 is 10.0 Å². The number of hydrogen-bond acceptors (Lipinski definition) is 7. The van der Waals surface area contributed by atoms with Gasteiger partial charge >= 0.3 is 0 Å². The maximum Gasteiger partial charge on any atom is 0.275 e. The van der Waals surface area contributed by atoms with Crippen molar-refractivity contribution >= 4 is 26.3 Å². The summed E-state index contributed by atoms with van der Waals surface area (Å²) in [5.41, 5.74) is 1.88. The van der Waals surface area contributed by atoms with Crippen molar-refractivity contribution in [3.05, 3.63) is 82.0 Å². The van der Waals surface area contributed by atoms with Crippen molar-refractivity contribution in [3.63, 3.8) is 0 Å². The topological polar surface area (TPSA) is 87.9 Å². The van der Waals surface area contributed by atoms with E-state index in [0.29, 0.717) is 58.8 Å². The van der Waals surface area contributed by atoms with Crippen LogP contribution in [0, 0.1) is 12.7 Å². The summed E-state index contributed by atoms with van der Waals surface area (Å²) in [5, 5.41) is 4.80. The highest BCUT2D eigenvalue weighted by molar-refractivity contribution is 7.89. The van der Waals surface area contributed by atoms with Crippen molar-refractivity contribution in [1.29, 1.82) is 0 Å². The number of sulfonamides is 1. The molecule has 0 bridgehead atoms. The zero-order chi connectivity index (χ0) is 23.9. The Kier molecular flexibility index (Phi) is 6.02. The number of benzene rings is 2. The van der Waals surface area contributed by atoms with Crippen LogP contribution >= 0.6 is 11.3 Å². The highest BCUT2D eigenvalue weighted by Gasteiger charge is 2.28. The number of rotatable bonds is 5. The molecule has 34 heavy (non-hydrogen) atoms. The molecule has 1 aliphatic rings. The van der Waals surface area contributed by atoms with Gasteiger partial charge in [0, 0.05) is 44.4 Å². The lowest BCUT2D eigenvalue weighted by Crippen LogP contribution is -2.48. The first-order valence-corrected chi connectivity index (χ1v) is 13.0. The van der Waals surface area contributed by atoms with Crippen molar-refractivity contribution in [2.75, 3.05) is 26.2 Å². The van der Waals surface area contributed by atoms with Crippen LogP contribution in [0.15, 0.2) is 64.3 Å². The second-order valence-electron chi connectivity index (χ2n) is 8.19. The Hall–Kier alpha value is -2.99. The third kappa shape index (κ3) is 4.51. The molecule has 0 saturated carbocycles. The Labute approximate surface area is 200 Å². The first-order chi connectivity index (χ1) is 16.3. The average molecular weight is 500 g/mol. The van der Waals surface area contributed by atoms with Crippen LogP contribution in [-0.4, -0.2) is 58.4 Å². The van der Waals surface area contributed by atoms with E-state index in [1.807, 2.05) is 6.92 Å². The van der Waals surface area contributed by atoms with Crippen LogP contribution in [0.25, 0.3) is 15.5 Å². The summed E-state index contributed by atoms with van der Waals surface area (Å²) in [4.78, 5) is 20.0. The van der Waals surface area contributed by atoms with Gasteiger partial charge in [-0.05, 0) is 31.2 Å². The molecule has 0 aliphatic carbocycles. The Morgan fingerprint density at radius 1 is 1.03 bits per heavy atom. The molecule has 5 rings (SSSR count). The molecule has 0 atom stereocenters.